The Hall–Kier alpha value is -2.73. The van der Waals surface area contributed by atoms with Crippen molar-refractivity contribution in [3.05, 3.63) is 34.9 Å². The topological polar surface area (TPSA) is 105 Å². The minimum atomic E-state index is -0.678. The fraction of sp³-hybridized carbons (Fsp3) is 0.593. The molecule has 190 valence electrons. The number of nitrogens with one attached hydrogen (secondary N) is 1. The molecule has 0 bridgehead atoms. The van der Waals surface area contributed by atoms with E-state index in [0.717, 1.165) is 43.4 Å². The molecule has 0 radical (unpaired) electrons. The van der Waals surface area contributed by atoms with Crippen molar-refractivity contribution in [3.63, 3.8) is 0 Å². The van der Waals surface area contributed by atoms with E-state index in [1.54, 1.807) is 6.07 Å². The van der Waals surface area contributed by atoms with Crippen LogP contribution < -0.4 is 11.1 Å². The molecule has 1 unspecified atom stereocenters. The number of amides is 3. The zero-order valence-electron chi connectivity index (χ0n) is 20.9. The lowest BCUT2D eigenvalue weighted by Crippen LogP contribution is -2.46. The number of nitrogens with zero attached hydrogens (tertiary/aromatic N) is 2. The SMILES string of the molecule is CCCC(C(=O)NC=O)N1Cc2c(C#CCCOCCN(C)C3CCC(N)CC3)cccc2C1=O. The fourth-order valence-electron chi connectivity index (χ4n) is 4.90. The molecule has 1 aromatic carbocycles. The molecule has 8 heteroatoms. The van der Waals surface area contributed by atoms with Crippen LogP contribution in [-0.4, -0.2) is 73.0 Å². The van der Waals surface area contributed by atoms with E-state index in [1.807, 2.05) is 19.1 Å². The van der Waals surface area contributed by atoms with Gasteiger partial charge in [0.1, 0.15) is 6.04 Å². The van der Waals surface area contributed by atoms with Gasteiger partial charge in [-0.05, 0) is 56.8 Å². The quantitative estimate of drug-likeness (QED) is 0.284. The van der Waals surface area contributed by atoms with Crippen LogP contribution in [-0.2, 0) is 20.9 Å². The first kappa shape index (κ1) is 26.9. The summed E-state index contributed by atoms with van der Waals surface area (Å²) in [7, 11) is 2.15. The summed E-state index contributed by atoms with van der Waals surface area (Å²) in [4.78, 5) is 40.0. The highest BCUT2D eigenvalue weighted by molar-refractivity contribution is 6.02. The van der Waals surface area contributed by atoms with Crippen molar-refractivity contribution in [1.29, 1.82) is 0 Å². The summed E-state index contributed by atoms with van der Waals surface area (Å²) in [5.74, 6) is 5.68. The van der Waals surface area contributed by atoms with Gasteiger partial charge in [0.2, 0.25) is 12.3 Å². The maximum Gasteiger partial charge on any atom is 0.255 e. The van der Waals surface area contributed by atoms with Crippen LogP contribution in [0.4, 0.5) is 0 Å². The van der Waals surface area contributed by atoms with E-state index in [1.165, 1.54) is 4.90 Å². The average molecular weight is 483 g/mol. The molecular formula is C27H38N4O4. The Morgan fingerprint density at radius 3 is 2.80 bits per heavy atom. The number of hydrogen-bond acceptors (Lipinski definition) is 6. The number of rotatable bonds is 11. The lowest BCUT2D eigenvalue weighted by Gasteiger charge is -2.33. The van der Waals surface area contributed by atoms with E-state index in [9.17, 15) is 14.4 Å². The molecule has 1 aromatic rings. The third-order valence-corrected chi connectivity index (χ3v) is 6.99. The largest absolute Gasteiger partial charge is 0.379 e. The monoisotopic (exact) mass is 482 g/mol. The predicted octanol–water partition coefficient (Wildman–Crippen LogP) is 2.04. The molecule has 3 amide bonds. The van der Waals surface area contributed by atoms with E-state index in [4.69, 9.17) is 10.5 Å². The van der Waals surface area contributed by atoms with E-state index < -0.39 is 11.9 Å². The Morgan fingerprint density at radius 1 is 1.31 bits per heavy atom. The molecule has 0 aromatic heterocycles. The first-order valence-electron chi connectivity index (χ1n) is 12.7. The molecule has 1 atom stereocenters. The van der Waals surface area contributed by atoms with Crippen LogP contribution in [0.1, 0.15) is 73.4 Å². The first-order chi connectivity index (χ1) is 17.0. The Labute approximate surface area is 208 Å². The molecule has 0 saturated heterocycles. The second-order valence-corrected chi connectivity index (χ2v) is 9.41. The van der Waals surface area contributed by atoms with E-state index in [0.29, 0.717) is 63.1 Å². The Morgan fingerprint density at radius 2 is 2.09 bits per heavy atom. The molecule has 35 heavy (non-hydrogen) atoms. The molecule has 1 saturated carbocycles. The summed E-state index contributed by atoms with van der Waals surface area (Å²) in [6.07, 6.45) is 6.68. The predicted molar refractivity (Wildman–Crippen MR) is 134 cm³/mol. The summed E-state index contributed by atoms with van der Waals surface area (Å²) in [6.45, 7) is 4.38. The van der Waals surface area contributed by atoms with Crippen molar-refractivity contribution >= 4 is 18.2 Å². The molecule has 1 fully saturated rings. The molecular weight excluding hydrogens is 444 g/mol. The van der Waals surface area contributed by atoms with Gasteiger partial charge in [-0.3, -0.25) is 19.7 Å². The van der Waals surface area contributed by atoms with Gasteiger partial charge in [-0.1, -0.05) is 31.3 Å². The molecule has 8 nitrogen and oxygen atoms in total. The minimum absolute atomic E-state index is 0.199. The summed E-state index contributed by atoms with van der Waals surface area (Å²) in [5, 5.41) is 2.19. The first-order valence-corrected chi connectivity index (χ1v) is 12.7. The Bertz CT molecular complexity index is 946. The summed E-state index contributed by atoms with van der Waals surface area (Å²) in [5.41, 5.74) is 8.19. The fourth-order valence-corrected chi connectivity index (χ4v) is 4.90. The maximum atomic E-state index is 13.0. The lowest BCUT2D eigenvalue weighted by atomic mass is 9.91. The average Bonchev–Trinajstić information content (AvgIpc) is 3.19. The molecule has 2 aliphatic rings. The smallest absolute Gasteiger partial charge is 0.255 e. The zero-order chi connectivity index (χ0) is 25.2. The normalized spacial score (nSPS) is 20.2. The highest BCUT2D eigenvalue weighted by Crippen LogP contribution is 2.28. The molecule has 0 spiro atoms. The number of hydrogen-bond donors (Lipinski definition) is 2. The van der Waals surface area contributed by atoms with Gasteiger partial charge in [0.15, 0.2) is 0 Å². The van der Waals surface area contributed by atoms with Crippen LogP contribution in [0.15, 0.2) is 18.2 Å². The Kier molecular flexibility index (Phi) is 10.3. The van der Waals surface area contributed by atoms with Crippen molar-refractivity contribution in [2.24, 2.45) is 5.73 Å². The maximum absolute atomic E-state index is 13.0. The van der Waals surface area contributed by atoms with Crippen LogP contribution in [0.3, 0.4) is 0 Å². The van der Waals surface area contributed by atoms with Crippen LogP contribution in [0, 0.1) is 11.8 Å². The molecule has 1 aliphatic carbocycles. The number of nitrogens with two attached hydrogens (primary N) is 1. The summed E-state index contributed by atoms with van der Waals surface area (Å²) >= 11 is 0. The van der Waals surface area contributed by atoms with Gasteiger partial charge in [0.25, 0.3) is 5.91 Å². The van der Waals surface area contributed by atoms with Crippen molar-refractivity contribution < 1.29 is 19.1 Å². The highest BCUT2D eigenvalue weighted by Gasteiger charge is 2.36. The van der Waals surface area contributed by atoms with Crippen LogP contribution >= 0.6 is 0 Å². The number of carbonyl (C=O) groups is 3. The highest BCUT2D eigenvalue weighted by atomic mass is 16.5. The summed E-state index contributed by atoms with van der Waals surface area (Å²) in [6, 6.07) is 5.76. The third-order valence-electron chi connectivity index (χ3n) is 6.99. The van der Waals surface area contributed by atoms with E-state index >= 15 is 0 Å². The third kappa shape index (κ3) is 7.14. The zero-order valence-corrected chi connectivity index (χ0v) is 20.9. The van der Waals surface area contributed by atoms with Gasteiger partial charge in [-0.25, -0.2) is 0 Å². The van der Waals surface area contributed by atoms with Gasteiger partial charge >= 0.3 is 0 Å². The number of ether oxygens (including phenoxy) is 1. The van der Waals surface area contributed by atoms with Crippen molar-refractivity contribution in [3.8, 4) is 11.8 Å². The van der Waals surface area contributed by atoms with Crippen molar-refractivity contribution in [1.82, 2.24) is 15.1 Å². The van der Waals surface area contributed by atoms with Crippen LogP contribution in [0.5, 0.6) is 0 Å². The van der Waals surface area contributed by atoms with Crippen molar-refractivity contribution in [2.75, 3.05) is 26.8 Å². The van der Waals surface area contributed by atoms with Crippen LogP contribution in [0.2, 0.25) is 0 Å². The van der Waals surface area contributed by atoms with E-state index in [2.05, 4.69) is 29.1 Å². The molecule has 1 heterocycles. The number of carbonyl (C=O) groups excluding carboxylic acids is 3. The number of likely N-dealkylation sites (N-methyl/N-ethyl adjacent to an activating group) is 1. The number of imide groups is 1. The second kappa shape index (κ2) is 13.4. The van der Waals surface area contributed by atoms with E-state index in [-0.39, 0.29) is 5.91 Å². The summed E-state index contributed by atoms with van der Waals surface area (Å²) < 4.78 is 5.78. The van der Waals surface area contributed by atoms with Gasteiger partial charge < -0.3 is 20.3 Å². The lowest BCUT2D eigenvalue weighted by molar-refractivity contribution is -0.129. The molecule has 1 aliphatic heterocycles. The number of fused-ring (bicyclic) bond motifs is 1. The van der Waals surface area contributed by atoms with Gasteiger partial charge in [-0.15, -0.1) is 0 Å². The second-order valence-electron chi connectivity index (χ2n) is 9.41. The minimum Gasteiger partial charge on any atom is -0.379 e. The van der Waals surface area contributed by atoms with Gasteiger partial charge in [-0.2, -0.15) is 0 Å². The van der Waals surface area contributed by atoms with Gasteiger partial charge in [0.05, 0.1) is 13.2 Å². The van der Waals surface area contributed by atoms with Gasteiger partial charge in [0, 0.05) is 42.7 Å². The Balaban J connectivity index is 1.49. The van der Waals surface area contributed by atoms with Crippen LogP contribution in [0.25, 0.3) is 0 Å². The number of benzene rings is 1. The molecule has 3 N–H and O–H groups in total. The molecule has 3 rings (SSSR count). The standard InChI is InChI=1S/C27H38N4O4/c1-3-7-25(26(33)29-19-32)31-18-24-20(9-6-10-23(24)27(31)34)8-4-5-16-35-17-15-30(2)22-13-11-21(28)12-14-22/h6,9-10,19,21-22,25H,3,5,7,11-18,28H2,1-2H3,(H,29,32,33). The van der Waals surface area contributed by atoms with Crippen molar-refractivity contribution in [2.45, 2.75) is 76.5 Å².